The molecule has 17 heavy (non-hydrogen) atoms. The monoisotopic (exact) mass is 257 g/mol. The van der Waals surface area contributed by atoms with Crippen molar-refractivity contribution in [3.63, 3.8) is 0 Å². The molecule has 1 aromatic rings. The summed E-state index contributed by atoms with van der Waals surface area (Å²) in [5, 5.41) is 3.83. The van der Waals surface area contributed by atoms with E-state index in [0.717, 1.165) is 24.8 Å². The lowest BCUT2D eigenvalue weighted by Gasteiger charge is -2.05. The van der Waals surface area contributed by atoms with E-state index in [1.807, 2.05) is 6.07 Å². The predicted octanol–water partition coefficient (Wildman–Crippen LogP) is 4.63. The van der Waals surface area contributed by atoms with Crippen LogP contribution in [0.25, 0.3) is 0 Å². The zero-order chi connectivity index (χ0) is 12.5. The number of unbranched alkanes of at least 4 members (excludes halogenated alkanes) is 3. The van der Waals surface area contributed by atoms with Crippen molar-refractivity contribution in [2.24, 2.45) is 5.92 Å². The van der Waals surface area contributed by atoms with Crippen LogP contribution in [0.4, 0.5) is 0 Å². The van der Waals surface area contributed by atoms with Gasteiger partial charge < -0.3 is 9.73 Å². The molecule has 0 saturated heterocycles. The summed E-state index contributed by atoms with van der Waals surface area (Å²) < 4.78 is 5.26. The van der Waals surface area contributed by atoms with Crippen LogP contribution in [0.2, 0.25) is 5.22 Å². The third kappa shape index (κ3) is 7.45. The molecule has 0 aliphatic heterocycles. The third-order valence-electron chi connectivity index (χ3n) is 2.81. The van der Waals surface area contributed by atoms with Crippen LogP contribution in [0.15, 0.2) is 16.5 Å². The molecule has 0 aliphatic rings. The van der Waals surface area contributed by atoms with Crippen LogP contribution in [-0.4, -0.2) is 6.54 Å². The fourth-order valence-electron chi connectivity index (χ4n) is 1.81. The highest BCUT2D eigenvalue weighted by molar-refractivity contribution is 6.28. The number of nitrogens with one attached hydrogen (secondary N) is 1. The number of halogens is 1. The van der Waals surface area contributed by atoms with E-state index in [4.69, 9.17) is 16.0 Å². The summed E-state index contributed by atoms with van der Waals surface area (Å²) in [4.78, 5) is 0. The topological polar surface area (TPSA) is 25.2 Å². The largest absolute Gasteiger partial charge is 0.448 e. The van der Waals surface area contributed by atoms with Gasteiger partial charge in [-0.1, -0.05) is 39.5 Å². The zero-order valence-corrected chi connectivity index (χ0v) is 11.7. The fraction of sp³-hybridized carbons (Fsp3) is 0.714. The maximum absolute atomic E-state index is 5.69. The number of rotatable bonds is 9. The predicted molar refractivity (Wildman–Crippen MR) is 73.3 cm³/mol. The van der Waals surface area contributed by atoms with Gasteiger partial charge in [-0.15, -0.1) is 0 Å². The molecule has 0 amide bonds. The first kappa shape index (κ1) is 14.6. The van der Waals surface area contributed by atoms with Gasteiger partial charge in [0.15, 0.2) is 5.22 Å². The van der Waals surface area contributed by atoms with Crippen molar-refractivity contribution in [3.8, 4) is 0 Å². The highest BCUT2D eigenvalue weighted by Gasteiger charge is 1.98. The van der Waals surface area contributed by atoms with Gasteiger partial charge in [-0.2, -0.15) is 0 Å². The van der Waals surface area contributed by atoms with Crippen LogP contribution in [0.1, 0.15) is 51.7 Å². The second-order valence-corrected chi connectivity index (χ2v) is 5.35. The van der Waals surface area contributed by atoms with E-state index in [9.17, 15) is 0 Å². The van der Waals surface area contributed by atoms with E-state index < -0.39 is 0 Å². The highest BCUT2D eigenvalue weighted by atomic mass is 35.5. The summed E-state index contributed by atoms with van der Waals surface area (Å²) >= 11 is 5.69. The second-order valence-electron chi connectivity index (χ2n) is 4.98. The van der Waals surface area contributed by atoms with E-state index >= 15 is 0 Å². The van der Waals surface area contributed by atoms with Gasteiger partial charge in [0.05, 0.1) is 6.54 Å². The van der Waals surface area contributed by atoms with Gasteiger partial charge in [-0.25, -0.2) is 0 Å². The van der Waals surface area contributed by atoms with E-state index in [0.29, 0.717) is 5.22 Å². The van der Waals surface area contributed by atoms with Gasteiger partial charge >= 0.3 is 0 Å². The van der Waals surface area contributed by atoms with E-state index in [-0.39, 0.29) is 0 Å². The molecule has 0 bridgehead atoms. The molecule has 1 N–H and O–H groups in total. The van der Waals surface area contributed by atoms with Crippen LogP contribution in [0, 0.1) is 5.92 Å². The quantitative estimate of drug-likeness (QED) is 0.653. The Kier molecular flexibility index (Phi) is 7.38. The molecule has 0 unspecified atom stereocenters. The second kappa shape index (κ2) is 8.60. The van der Waals surface area contributed by atoms with Crippen LogP contribution >= 0.6 is 11.6 Å². The van der Waals surface area contributed by atoms with E-state index in [1.165, 1.54) is 32.1 Å². The molecule has 0 spiro atoms. The third-order valence-corrected chi connectivity index (χ3v) is 3.02. The molecular formula is C14H24ClNO. The Morgan fingerprint density at radius 1 is 1.18 bits per heavy atom. The van der Waals surface area contributed by atoms with Crippen molar-refractivity contribution in [1.82, 2.24) is 5.32 Å². The summed E-state index contributed by atoms with van der Waals surface area (Å²) in [5.74, 6) is 1.76. The van der Waals surface area contributed by atoms with Gasteiger partial charge in [0.25, 0.3) is 0 Å². The number of furan rings is 1. The molecule has 0 aromatic carbocycles. The summed E-state index contributed by atoms with van der Waals surface area (Å²) in [6.45, 7) is 6.41. The minimum absolute atomic E-state index is 0.468. The molecule has 1 rings (SSSR count). The van der Waals surface area contributed by atoms with Gasteiger partial charge in [0.1, 0.15) is 5.76 Å². The Morgan fingerprint density at radius 2 is 1.94 bits per heavy atom. The number of hydrogen-bond donors (Lipinski definition) is 1. The smallest absolute Gasteiger partial charge is 0.193 e. The average molecular weight is 258 g/mol. The molecule has 3 heteroatoms. The first-order valence-corrected chi connectivity index (χ1v) is 7.01. The van der Waals surface area contributed by atoms with Gasteiger partial charge in [0, 0.05) is 0 Å². The zero-order valence-electron chi connectivity index (χ0n) is 11.0. The lowest BCUT2D eigenvalue weighted by atomic mass is 10.0. The lowest BCUT2D eigenvalue weighted by Crippen LogP contribution is -2.14. The van der Waals surface area contributed by atoms with Gasteiger partial charge in [-0.05, 0) is 42.6 Å². The minimum Gasteiger partial charge on any atom is -0.448 e. The standard InChI is InChI=1S/C14H24ClNO/c1-12(2)7-5-3-4-6-10-16-11-13-8-9-14(15)17-13/h8-9,12,16H,3-7,10-11H2,1-2H3. The Bertz CT molecular complexity index is 296. The molecular weight excluding hydrogens is 234 g/mol. The Balaban J connectivity index is 1.88. The van der Waals surface area contributed by atoms with Crippen LogP contribution in [0.3, 0.4) is 0 Å². The molecule has 1 aromatic heterocycles. The van der Waals surface area contributed by atoms with Crippen LogP contribution in [-0.2, 0) is 6.54 Å². The van der Waals surface area contributed by atoms with Gasteiger partial charge in [-0.3, -0.25) is 0 Å². The van der Waals surface area contributed by atoms with Crippen molar-refractivity contribution < 1.29 is 4.42 Å². The Hall–Kier alpha value is -0.470. The molecule has 1 heterocycles. The van der Waals surface area contributed by atoms with Crippen molar-refractivity contribution in [2.45, 2.75) is 52.5 Å². The van der Waals surface area contributed by atoms with Crippen molar-refractivity contribution in [1.29, 1.82) is 0 Å². The van der Waals surface area contributed by atoms with Crippen molar-refractivity contribution >= 4 is 11.6 Å². The molecule has 0 aliphatic carbocycles. The summed E-state index contributed by atoms with van der Waals surface area (Å²) in [6.07, 6.45) is 6.64. The van der Waals surface area contributed by atoms with Gasteiger partial charge in [0.2, 0.25) is 0 Å². The molecule has 0 fully saturated rings. The Labute approximate surface area is 110 Å². The van der Waals surface area contributed by atoms with Crippen LogP contribution < -0.4 is 5.32 Å². The summed E-state index contributed by atoms with van der Waals surface area (Å²) in [7, 11) is 0. The maximum atomic E-state index is 5.69. The van der Waals surface area contributed by atoms with Crippen molar-refractivity contribution in [2.75, 3.05) is 6.54 Å². The SMILES string of the molecule is CC(C)CCCCCCNCc1ccc(Cl)o1. The van der Waals surface area contributed by atoms with Crippen LogP contribution in [0.5, 0.6) is 0 Å². The normalized spacial score (nSPS) is 11.3. The molecule has 2 nitrogen and oxygen atoms in total. The molecule has 0 atom stereocenters. The summed E-state index contributed by atoms with van der Waals surface area (Å²) in [5.41, 5.74) is 0. The van der Waals surface area contributed by atoms with Crippen molar-refractivity contribution in [3.05, 3.63) is 23.1 Å². The molecule has 98 valence electrons. The first-order chi connectivity index (χ1) is 8.18. The lowest BCUT2D eigenvalue weighted by molar-refractivity contribution is 0.474. The van der Waals surface area contributed by atoms with E-state index in [1.54, 1.807) is 6.07 Å². The van der Waals surface area contributed by atoms with E-state index in [2.05, 4.69) is 19.2 Å². The fourth-order valence-corrected chi connectivity index (χ4v) is 1.98. The highest BCUT2D eigenvalue weighted by Crippen LogP contribution is 2.12. The first-order valence-electron chi connectivity index (χ1n) is 6.63. The molecule has 0 saturated carbocycles. The summed E-state index contributed by atoms with van der Waals surface area (Å²) in [6, 6.07) is 3.70. The molecule has 0 radical (unpaired) electrons. The number of hydrogen-bond acceptors (Lipinski definition) is 2. The average Bonchev–Trinajstić information content (AvgIpc) is 2.68. The minimum atomic E-state index is 0.468. The maximum Gasteiger partial charge on any atom is 0.193 e. The Morgan fingerprint density at radius 3 is 2.59 bits per heavy atom.